The number of aliphatic hydroxyl groups is 1. The molecule has 0 aromatic carbocycles. The fraction of sp³-hybridized carbons (Fsp3) is 1.00. The molecule has 128 valence electrons. The van der Waals surface area contributed by atoms with E-state index in [0.29, 0.717) is 12.3 Å². The summed E-state index contributed by atoms with van der Waals surface area (Å²) in [6, 6.07) is 0. The molecule has 7 heteroatoms. The molecule has 0 heterocycles. The number of sulfonamides is 1. The number of aliphatic hydroxyl groups excluding tert-OH is 1. The van der Waals surface area contributed by atoms with Gasteiger partial charge in [0, 0.05) is 0 Å². The highest BCUT2D eigenvalue weighted by molar-refractivity contribution is 7.89. The maximum absolute atomic E-state index is 11.1. The highest BCUT2D eigenvalue weighted by atomic mass is 32.2. The normalized spacial score (nSPS) is 16.6. The van der Waals surface area contributed by atoms with Crippen molar-refractivity contribution in [1.82, 2.24) is 10.6 Å². The first kappa shape index (κ1) is 20.8. The first-order valence-corrected chi connectivity index (χ1v) is 9.46. The SMILES string of the molecule is CNCCCCC(O)NCCC(C)CCC(C)S(N)(=O)=O. The van der Waals surface area contributed by atoms with Crippen molar-refractivity contribution in [2.75, 3.05) is 20.1 Å². The van der Waals surface area contributed by atoms with Crippen molar-refractivity contribution in [3.8, 4) is 0 Å². The Morgan fingerprint density at radius 3 is 2.29 bits per heavy atom. The van der Waals surface area contributed by atoms with Gasteiger partial charge in [-0.25, -0.2) is 13.6 Å². The van der Waals surface area contributed by atoms with E-state index in [1.807, 2.05) is 7.05 Å². The molecule has 0 saturated carbocycles. The van der Waals surface area contributed by atoms with E-state index in [4.69, 9.17) is 5.14 Å². The standard InChI is InChI=1S/C14H33N3O3S/c1-12(7-8-13(2)21(15,19)20)9-11-17-14(18)6-4-5-10-16-3/h12-14,16-18H,4-11H2,1-3H3,(H2,15,19,20). The van der Waals surface area contributed by atoms with Gasteiger partial charge in [0.15, 0.2) is 0 Å². The van der Waals surface area contributed by atoms with Gasteiger partial charge < -0.3 is 10.4 Å². The van der Waals surface area contributed by atoms with Gasteiger partial charge in [0.25, 0.3) is 0 Å². The predicted octanol–water partition coefficient (Wildman–Crippen LogP) is 0.768. The molecule has 0 aliphatic carbocycles. The molecule has 0 aromatic rings. The van der Waals surface area contributed by atoms with Crippen LogP contribution in [0.25, 0.3) is 0 Å². The summed E-state index contributed by atoms with van der Waals surface area (Å²) in [7, 11) is -1.48. The van der Waals surface area contributed by atoms with Gasteiger partial charge in [-0.3, -0.25) is 5.32 Å². The smallest absolute Gasteiger partial charge is 0.211 e. The van der Waals surface area contributed by atoms with Gasteiger partial charge in [-0.2, -0.15) is 0 Å². The lowest BCUT2D eigenvalue weighted by atomic mass is 10.0. The molecule has 0 bridgehead atoms. The number of nitrogens with one attached hydrogen (secondary N) is 2. The van der Waals surface area contributed by atoms with Crippen molar-refractivity contribution in [2.24, 2.45) is 11.1 Å². The van der Waals surface area contributed by atoms with E-state index in [0.717, 1.165) is 45.2 Å². The fourth-order valence-corrected chi connectivity index (χ4v) is 2.53. The quantitative estimate of drug-likeness (QED) is 0.296. The molecule has 5 N–H and O–H groups in total. The van der Waals surface area contributed by atoms with E-state index < -0.39 is 21.5 Å². The average molecular weight is 324 g/mol. The summed E-state index contributed by atoms with van der Waals surface area (Å²) in [6.07, 6.45) is 4.72. The lowest BCUT2D eigenvalue weighted by molar-refractivity contribution is 0.123. The van der Waals surface area contributed by atoms with Crippen LogP contribution in [0.4, 0.5) is 0 Å². The van der Waals surface area contributed by atoms with E-state index in [-0.39, 0.29) is 0 Å². The largest absolute Gasteiger partial charge is 0.379 e. The minimum Gasteiger partial charge on any atom is -0.379 e. The Bertz CT molecular complexity index is 349. The lowest BCUT2D eigenvalue weighted by Gasteiger charge is -2.17. The fourth-order valence-electron chi connectivity index (χ4n) is 2.07. The van der Waals surface area contributed by atoms with Crippen LogP contribution in [0, 0.1) is 5.92 Å². The van der Waals surface area contributed by atoms with Gasteiger partial charge in [0.2, 0.25) is 10.0 Å². The summed E-state index contributed by atoms with van der Waals surface area (Å²) in [5, 5.41) is 20.6. The zero-order valence-electron chi connectivity index (χ0n) is 13.6. The number of nitrogens with two attached hydrogens (primary N) is 1. The Kier molecular flexibility index (Phi) is 11.3. The van der Waals surface area contributed by atoms with Crippen LogP contribution in [-0.4, -0.2) is 45.1 Å². The number of hydrogen-bond acceptors (Lipinski definition) is 5. The molecule has 0 fully saturated rings. The second-order valence-corrected chi connectivity index (χ2v) is 7.92. The minimum absolute atomic E-state index is 0.415. The minimum atomic E-state index is -3.41. The van der Waals surface area contributed by atoms with Crippen molar-refractivity contribution in [3.63, 3.8) is 0 Å². The van der Waals surface area contributed by atoms with Crippen LogP contribution < -0.4 is 15.8 Å². The molecule has 6 nitrogen and oxygen atoms in total. The highest BCUT2D eigenvalue weighted by Gasteiger charge is 2.16. The predicted molar refractivity (Wildman–Crippen MR) is 87.4 cm³/mol. The van der Waals surface area contributed by atoms with Crippen LogP contribution in [0.3, 0.4) is 0 Å². The molecule has 21 heavy (non-hydrogen) atoms. The van der Waals surface area contributed by atoms with Gasteiger partial charge in [0.05, 0.1) is 5.25 Å². The molecule has 0 saturated heterocycles. The molecule has 0 aliphatic heterocycles. The molecule has 0 radical (unpaired) electrons. The molecule has 0 aromatic heterocycles. The topological polar surface area (TPSA) is 104 Å². The molecule has 0 rings (SSSR count). The Labute approximate surface area is 129 Å². The average Bonchev–Trinajstić information content (AvgIpc) is 2.40. The van der Waals surface area contributed by atoms with Crippen LogP contribution >= 0.6 is 0 Å². The maximum atomic E-state index is 11.1. The molecular weight excluding hydrogens is 290 g/mol. The van der Waals surface area contributed by atoms with Crippen LogP contribution in [0.1, 0.15) is 52.4 Å². The zero-order valence-corrected chi connectivity index (χ0v) is 14.5. The van der Waals surface area contributed by atoms with E-state index in [1.54, 1.807) is 6.92 Å². The van der Waals surface area contributed by atoms with Crippen LogP contribution in [0.15, 0.2) is 0 Å². The Balaban J connectivity index is 3.63. The first-order valence-electron chi connectivity index (χ1n) is 7.85. The van der Waals surface area contributed by atoms with Gasteiger partial charge >= 0.3 is 0 Å². The molecule has 0 spiro atoms. The number of hydrogen-bond donors (Lipinski definition) is 4. The van der Waals surface area contributed by atoms with Crippen LogP contribution in [0.2, 0.25) is 0 Å². The van der Waals surface area contributed by atoms with Crippen molar-refractivity contribution >= 4 is 10.0 Å². The van der Waals surface area contributed by atoms with Gasteiger partial charge in [-0.15, -0.1) is 0 Å². The van der Waals surface area contributed by atoms with Crippen LogP contribution in [-0.2, 0) is 10.0 Å². The van der Waals surface area contributed by atoms with Crippen molar-refractivity contribution in [3.05, 3.63) is 0 Å². The highest BCUT2D eigenvalue weighted by Crippen LogP contribution is 2.14. The first-order chi connectivity index (χ1) is 9.77. The number of primary sulfonamides is 1. The van der Waals surface area contributed by atoms with Crippen LogP contribution in [0.5, 0.6) is 0 Å². The third-order valence-electron chi connectivity index (χ3n) is 3.80. The van der Waals surface area contributed by atoms with E-state index in [2.05, 4.69) is 17.6 Å². The molecule has 3 unspecified atom stereocenters. The molecular formula is C14H33N3O3S. The summed E-state index contributed by atoms with van der Waals surface area (Å²) in [5.74, 6) is 0.415. The van der Waals surface area contributed by atoms with Crippen molar-refractivity contribution in [1.29, 1.82) is 0 Å². The Morgan fingerprint density at radius 1 is 1.05 bits per heavy atom. The molecule has 3 atom stereocenters. The molecule has 0 aliphatic rings. The monoisotopic (exact) mass is 323 g/mol. The number of rotatable bonds is 13. The second kappa shape index (κ2) is 11.4. The zero-order chi connectivity index (χ0) is 16.3. The third-order valence-corrected chi connectivity index (χ3v) is 5.16. The summed E-state index contributed by atoms with van der Waals surface area (Å²) in [4.78, 5) is 0. The number of unbranched alkanes of at least 4 members (excludes halogenated alkanes) is 1. The van der Waals surface area contributed by atoms with Gasteiger partial charge in [0.1, 0.15) is 6.23 Å². The maximum Gasteiger partial charge on any atom is 0.211 e. The Morgan fingerprint density at radius 2 is 1.71 bits per heavy atom. The third kappa shape index (κ3) is 12.1. The summed E-state index contributed by atoms with van der Waals surface area (Å²) < 4.78 is 22.2. The summed E-state index contributed by atoms with van der Waals surface area (Å²) in [5.41, 5.74) is 0. The van der Waals surface area contributed by atoms with E-state index >= 15 is 0 Å². The second-order valence-electron chi connectivity index (χ2n) is 5.94. The van der Waals surface area contributed by atoms with Gasteiger partial charge in [-0.05, 0) is 71.5 Å². The van der Waals surface area contributed by atoms with Crippen molar-refractivity contribution < 1.29 is 13.5 Å². The lowest BCUT2D eigenvalue weighted by Crippen LogP contribution is -2.30. The van der Waals surface area contributed by atoms with E-state index in [1.165, 1.54) is 0 Å². The summed E-state index contributed by atoms with van der Waals surface area (Å²) in [6.45, 7) is 5.47. The summed E-state index contributed by atoms with van der Waals surface area (Å²) >= 11 is 0. The Hall–Kier alpha value is -0.210. The van der Waals surface area contributed by atoms with E-state index in [9.17, 15) is 13.5 Å². The van der Waals surface area contributed by atoms with Gasteiger partial charge in [-0.1, -0.05) is 6.92 Å². The molecule has 0 amide bonds. The van der Waals surface area contributed by atoms with Crippen molar-refractivity contribution in [2.45, 2.75) is 63.9 Å².